The zero-order valence-corrected chi connectivity index (χ0v) is 9.02. The predicted molar refractivity (Wildman–Crippen MR) is 56.4 cm³/mol. The van der Waals surface area contributed by atoms with Crippen LogP contribution in [0.3, 0.4) is 0 Å². The third-order valence-electron chi connectivity index (χ3n) is 2.26. The van der Waals surface area contributed by atoms with Gasteiger partial charge in [0.1, 0.15) is 6.07 Å². The fourth-order valence-electron chi connectivity index (χ4n) is 1.73. The van der Waals surface area contributed by atoms with E-state index in [2.05, 4.69) is 36.8 Å². The molecular weight excluding hydrogens is 188 g/mol. The number of aromatic nitrogens is 3. The van der Waals surface area contributed by atoms with Crippen LogP contribution in [-0.2, 0) is 5.41 Å². The highest BCUT2D eigenvalue weighted by Crippen LogP contribution is 2.25. The summed E-state index contributed by atoms with van der Waals surface area (Å²) in [6, 6.07) is 2.17. The molecule has 4 nitrogen and oxygen atoms in total. The van der Waals surface area contributed by atoms with E-state index < -0.39 is 0 Å². The van der Waals surface area contributed by atoms with Gasteiger partial charge in [0, 0.05) is 17.8 Å². The topological polar surface area (TPSA) is 54.0 Å². The molecule has 0 bridgehead atoms. The average molecular weight is 200 g/mol. The van der Waals surface area contributed by atoms with Gasteiger partial charge >= 0.3 is 0 Å². The van der Waals surface area contributed by atoms with Gasteiger partial charge < -0.3 is 0 Å². The molecule has 0 fully saturated rings. The smallest absolute Gasteiger partial charge is 0.233 e. The van der Waals surface area contributed by atoms with E-state index in [1.807, 2.05) is 10.6 Å². The van der Waals surface area contributed by atoms with E-state index in [0.717, 1.165) is 5.69 Å². The molecular formula is C11H12N4. The second-order valence-corrected chi connectivity index (χ2v) is 4.48. The van der Waals surface area contributed by atoms with E-state index >= 15 is 0 Å². The molecule has 2 aromatic heterocycles. The summed E-state index contributed by atoms with van der Waals surface area (Å²) >= 11 is 0. The Morgan fingerprint density at radius 3 is 2.67 bits per heavy atom. The van der Waals surface area contributed by atoms with Crippen LogP contribution < -0.4 is 0 Å². The Hall–Kier alpha value is -1.89. The van der Waals surface area contributed by atoms with Gasteiger partial charge in [-0.1, -0.05) is 20.8 Å². The lowest BCUT2D eigenvalue weighted by atomic mass is 9.89. The Kier molecular flexibility index (Phi) is 1.97. The number of hydrogen-bond donors (Lipinski definition) is 0. The molecule has 0 saturated heterocycles. The monoisotopic (exact) mass is 200 g/mol. The van der Waals surface area contributed by atoms with Crippen molar-refractivity contribution in [1.29, 1.82) is 5.26 Å². The molecule has 0 radical (unpaired) electrons. The van der Waals surface area contributed by atoms with Crippen LogP contribution in [0.25, 0.3) is 5.78 Å². The lowest BCUT2D eigenvalue weighted by Gasteiger charge is -2.21. The number of rotatable bonds is 0. The molecule has 0 aliphatic carbocycles. The summed E-state index contributed by atoms with van der Waals surface area (Å²) in [5, 5.41) is 9.05. The van der Waals surface area contributed by atoms with Crippen LogP contribution in [0.4, 0.5) is 0 Å². The first-order valence-corrected chi connectivity index (χ1v) is 4.76. The van der Waals surface area contributed by atoms with Crippen LogP contribution in [0, 0.1) is 11.3 Å². The Morgan fingerprint density at radius 1 is 1.33 bits per heavy atom. The molecule has 2 heterocycles. The Morgan fingerprint density at radius 2 is 2.07 bits per heavy atom. The Bertz CT molecular complexity index is 540. The SMILES string of the molecule is CC(C)(C)c1c(C#N)cnc2nccn12. The van der Waals surface area contributed by atoms with Crippen molar-refractivity contribution < 1.29 is 0 Å². The van der Waals surface area contributed by atoms with Crippen molar-refractivity contribution in [3.05, 3.63) is 29.8 Å². The first kappa shape index (κ1) is 9.66. The second kappa shape index (κ2) is 3.06. The fraction of sp³-hybridized carbons (Fsp3) is 0.364. The maximum absolute atomic E-state index is 9.05. The van der Waals surface area contributed by atoms with Gasteiger partial charge in [0.15, 0.2) is 0 Å². The molecule has 0 amide bonds. The number of nitrogens with zero attached hydrogens (tertiary/aromatic N) is 4. The molecule has 0 aliphatic heterocycles. The zero-order chi connectivity index (χ0) is 11.1. The standard InChI is InChI=1S/C11H12N4/c1-11(2,3)9-8(6-12)7-14-10-13-4-5-15(9)10/h4-5,7H,1-3H3. The van der Waals surface area contributed by atoms with Crippen LogP contribution >= 0.6 is 0 Å². The molecule has 0 N–H and O–H groups in total. The van der Waals surface area contributed by atoms with Crippen molar-refractivity contribution in [2.75, 3.05) is 0 Å². The van der Waals surface area contributed by atoms with Crippen LogP contribution in [0.5, 0.6) is 0 Å². The van der Waals surface area contributed by atoms with Crippen LogP contribution in [0.2, 0.25) is 0 Å². The lowest BCUT2D eigenvalue weighted by molar-refractivity contribution is 0.557. The van der Waals surface area contributed by atoms with E-state index in [0.29, 0.717) is 11.3 Å². The van der Waals surface area contributed by atoms with Crippen molar-refractivity contribution >= 4 is 5.78 Å². The molecule has 15 heavy (non-hydrogen) atoms. The number of nitriles is 1. The first-order chi connectivity index (χ1) is 7.04. The fourth-order valence-corrected chi connectivity index (χ4v) is 1.73. The summed E-state index contributed by atoms with van der Waals surface area (Å²) in [5.41, 5.74) is 1.45. The van der Waals surface area contributed by atoms with Gasteiger partial charge in [-0.25, -0.2) is 9.97 Å². The van der Waals surface area contributed by atoms with Gasteiger partial charge in [0.2, 0.25) is 5.78 Å². The Balaban J connectivity index is 2.88. The van der Waals surface area contributed by atoms with Gasteiger partial charge in [-0.15, -0.1) is 0 Å². The van der Waals surface area contributed by atoms with Gasteiger partial charge in [-0.2, -0.15) is 5.26 Å². The van der Waals surface area contributed by atoms with Gasteiger partial charge in [0.05, 0.1) is 17.5 Å². The van der Waals surface area contributed by atoms with Crippen LogP contribution in [-0.4, -0.2) is 14.4 Å². The number of fused-ring (bicyclic) bond motifs is 1. The van der Waals surface area contributed by atoms with Crippen molar-refractivity contribution in [3.8, 4) is 6.07 Å². The summed E-state index contributed by atoms with van der Waals surface area (Å²) < 4.78 is 1.87. The van der Waals surface area contributed by atoms with Crippen molar-refractivity contribution in [3.63, 3.8) is 0 Å². The molecule has 0 aromatic carbocycles. The minimum atomic E-state index is -0.104. The normalized spacial score (nSPS) is 11.6. The van der Waals surface area contributed by atoms with E-state index in [1.54, 1.807) is 12.4 Å². The molecule has 0 saturated carbocycles. The summed E-state index contributed by atoms with van der Waals surface area (Å²) in [4.78, 5) is 8.23. The zero-order valence-electron chi connectivity index (χ0n) is 9.02. The summed E-state index contributed by atoms with van der Waals surface area (Å²) in [6.07, 6.45) is 5.12. The maximum Gasteiger partial charge on any atom is 0.233 e. The van der Waals surface area contributed by atoms with Crippen molar-refractivity contribution in [2.45, 2.75) is 26.2 Å². The summed E-state index contributed by atoms with van der Waals surface area (Å²) in [7, 11) is 0. The van der Waals surface area contributed by atoms with E-state index in [9.17, 15) is 0 Å². The molecule has 0 unspecified atom stereocenters. The number of imidazole rings is 1. The van der Waals surface area contributed by atoms with Gasteiger partial charge in [-0.05, 0) is 0 Å². The molecule has 0 atom stereocenters. The molecule has 2 rings (SSSR count). The van der Waals surface area contributed by atoms with Crippen LogP contribution in [0.1, 0.15) is 32.0 Å². The van der Waals surface area contributed by atoms with E-state index in [1.165, 1.54) is 0 Å². The average Bonchev–Trinajstić information content (AvgIpc) is 2.61. The summed E-state index contributed by atoms with van der Waals surface area (Å²) in [5.74, 6) is 0.638. The molecule has 4 heteroatoms. The molecule has 2 aromatic rings. The highest BCUT2D eigenvalue weighted by molar-refractivity contribution is 5.42. The molecule has 76 valence electrons. The van der Waals surface area contributed by atoms with Gasteiger partial charge in [-0.3, -0.25) is 4.40 Å². The van der Waals surface area contributed by atoms with E-state index in [-0.39, 0.29) is 5.41 Å². The van der Waals surface area contributed by atoms with Gasteiger partial charge in [0.25, 0.3) is 0 Å². The maximum atomic E-state index is 9.05. The second-order valence-electron chi connectivity index (χ2n) is 4.48. The third-order valence-corrected chi connectivity index (χ3v) is 2.26. The van der Waals surface area contributed by atoms with Crippen LogP contribution in [0.15, 0.2) is 18.6 Å². The highest BCUT2D eigenvalue weighted by Gasteiger charge is 2.22. The van der Waals surface area contributed by atoms with Crippen molar-refractivity contribution in [2.24, 2.45) is 0 Å². The third kappa shape index (κ3) is 1.46. The predicted octanol–water partition coefficient (Wildman–Crippen LogP) is 1.90. The number of hydrogen-bond acceptors (Lipinski definition) is 3. The van der Waals surface area contributed by atoms with Crippen molar-refractivity contribution in [1.82, 2.24) is 14.4 Å². The minimum absolute atomic E-state index is 0.104. The largest absolute Gasteiger partial charge is 0.286 e. The quantitative estimate of drug-likeness (QED) is 0.652. The molecule has 0 spiro atoms. The molecule has 0 aliphatic rings. The highest BCUT2D eigenvalue weighted by atomic mass is 15.1. The first-order valence-electron chi connectivity index (χ1n) is 4.76. The minimum Gasteiger partial charge on any atom is -0.286 e. The van der Waals surface area contributed by atoms with E-state index in [4.69, 9.17) is 5.26 Å². The Labute approximate surface area is 88.2 Å². The summed E-state index contributed by atoms with van der Waals surface area (Å²) in [6.45, 7) is 6.22. The lowest BCUT2D eigenvalue weighted by Crippen LogP contribution is -2.18.